The zero-order valence-electron chi connectivity index (χ0n) is 10.4. The van der Waals surface area contributed by atoms with Crippen LogP contribution in [0.1, 0.15) is 25.0 Å². The minimum Gasteiger partial charge on any atom is -0.392 e. The van der Waals surface area contributed by atoms with Crippen LogP contribution in [0.4, 0.5) is 0 Å². The predicted octanol–water partition coefficient (Wildman–Crippen LogP) is 2.41. The van der Waals surface area contributed by atoms with Gasteiger partial charge in [-0.25, -0.2) is 0 Å². The molecule has 17 heavy (non-hydrogen) atoms. The second-order valence-corrected chi connectivity index (χ2v) is 5.67. The third kappa shape index (κ3) is 3.21. The molecule has 2 atom stereocenters. The standard InChI is InChI=1S/C14H20ClNO/c1-9(2)14(17)8-16-13-6-10-3-4-12(15)5-11(10)7-13/h3-5,9,13-14,16-17H,6-8H2,1-2H3. The summed E-state index contributed by atoms with van der Waals surface area (Å²) in [5, 5.41) is 14.0. The highest BCUT2D eigenvalue weighted by atomic mass is 35.5. The Morgan fingerprint density at radius 3 is 2.76 bits per heavy atom. The number of aliphatic hydroxyl groups is 1. The Hall–Kier alpha value is -0.570. The van der Waals surface area contributed by atoms with Crippen molar-refractivity contribution in [1.29, 1.82) is 0 Å². The number of hydrogen-bond donors (Lipinski definition) is 2. The van der Waals surface area contributed by atoms with Gasteiger partial charge in [0.1, 0.15) is 0 Å². The molecular formula is C14H20ClNO. The molecule has 3 heteroatoms. The molecule has 1 aromatic carbocycles. The quantitative estimate of drug-likeness (QED) is 0.864. The highest BCUT2D eigenvalue weighted by molar-refractivity contribution is 6.30. The van der Waals surface area contributed by atoms with Crippen LogP contribution in [-0.4, -0.2) is 23.8 Å². The second kappa shape index (κ2) is 5.38. The molecule has 0 bridgehead atoms. The smallest absolute Gasteiger partial charge is 0.0687 e. The van der Waals surface area contributed by atoms with E-state index in [1.807, 2.05) is 19.9 Å². The molecular weight excluding hydrogens is 234 g/mol. The highest BCUT2D eigenvalue weighted by Crippen LogP contribution is 2.25. The molecule has 1 aliphatic rings. The molecule has 0 saturated carbocycles. The van der Waals surface area contributed by atoms with Crippen molar-refractivity contribution in [2.75, 3.05) is 6.54 Å². The number of hydrogen-bond acceptors (Lipinski definition) is 2. The van der Waals surface area contributed by atoms with Crippen LogP contribution in [-0.2, 0) is 12.8 Å². The van der Waals surface area contributed by atoms with Crippen LogP contribution in [0, 0.1) is 5.92 Å². The minimum absolute atomic E-state index is 0.262. The SMILES string of the molecule is CC(C)C(O)CNC1Cc2ccc(Cl)cc2C1. The van der Waals surface area contributed by atoms with Crippen molar-refractivity contribution in [3.63, 3.8) is 0 Å². The summed E-state index contributed by atoms with van der Waals surface area (Å²) in [5.41, 5.74) is 2.72. The lowest BCUT2D eigenvalue weighted by atomic mass is 10.1. The molecule has 2 nitrogen and oxygen atoms in total. The molecule has 0 spiro atoms. The van der Waals surface area contributed by atoms with Gasteiger partial charge in [-0.05, 0) is 42.0 Å². The highest BCUT2D eigenvalue weighted by Gasteiger charge is 2.22. The zero-order chi connectivity index (χ0) is 12.4. The number of nitrogens with one attached hydrogen (secondary N) is 1. The molecule has 1 aromatic rings. The number of rotatable bonds is 4. The van der Waals surface area contributed by atoms with Gasteiger partial charge >= 0.3 is 0 Å². The predicted molar refractivity (Wildman–Crippen MR) is 71.5 cm³/mol. The fraction of sp³-hybridized carbons (Fsp3) is 0.571. The first kappa shape index (κ1) is 12.9. The van der Waals surface area contributed by atoms with Crippen molar-refractivity contribution in [3.8, 4) is 0 Å². The number of aliphatic hydroxyl groups excluding tert-OH is 1. The van der Waals surface area contributed by atoms with E-state index >= 15 is 0 Å². The van der Waals surface area contributed by atoms with E-state index in [4.69, 9.17) is 11.6 Å². The molecule has 0 amide bonds. The summed E-state index contributed by atoms with van der Waals surface area (Å²) in [4.78, 5) is 0. The lowest BCUT2D eigenvalue weighted by molar-refractivity contribution is 0.120. The van der Waals surface area contributed by atoms with Crippen LogP contribution in [0.15, 0.2) is 18.2 Å². The Labute approximate surface area is 108 Å². The van der Waals surface area contributed by atoms with Crippen molar-refractivity contribution < 1.29 is 5.11 Å². The summed E-state index contributed by atoms with van der Waals surface area (Å²) in [5.74, 6) is 0.306. The van der Waals surface area contributed by atoms with E-state index in [0.29, 0.717) is 18.5 Å². The molecule has 0 fully saturated rings. The summed E-state index contributed by atoms with van der Waals surface area (Å²) in [7, 11) is 0. The molecule has 0 heterocycles. The molecule has 0 saturated heterocycles. The lowest BCUT2D eigenvalue weighted by Gasteiger charge is -2.18. The Bertz CT molecular complexity index is 392. The van der Waals surface area contributed by atoms with Gasteiger partial charge in [0.2, 0.25) is 0 Å². The summed E-state index contributed by atoms with van der Waals surface area (Å²) in [6, 6.07) is 6.55. The van der Waals surface area contributed by atoms with Crippen LogP contribution in [0.2, 0.25) is 5.02 Å². The molecule has 0 aliphatic heterocycles. The Kier molecular flexibility index (Phi) is 4.08. The average molecular weight is 254 g/mol. The van der Waals surface area contributed by atoms with Crippen LogP contribution < -0.4 is 5.32 Å². The van der Waals surface area contributed by atoms with Crippen LogP contribution in [0.3, 0.4) is 0 Å². The van der Waals surface area contributed by atoms with E-state index in [2.05, 4.69) is 17.4 Å². The molecule has 94 valence electrons. The number of halogens is 1. The summed E-state index contributed by atoms with van der Waals surface area (Å²) in [6.07, 6.45) is 1.79. The van der Waals surface area contributed by atoms with Crippen LogP contribution >= 0.6 is 11.6 Å². The van der Waals surface area contributed by atoms with Crippen LogP contribution in [0.5, 0.6) is 0 Å². The van der Waals surface area contributed by atoms with Crippen molar-refractivity contribution in [2.45, 2.75) is 38.8 Å². The molecule has 0 aromatic heterocycles. The average Bonchev–Trinajstić information content (AvgIpc) is 2.67. The van der Waals surface area contributed by atoms with Crippen LogP contribution in [0.25, 0.3) is 0 Å². The number of benzene rings is 1. The zero-order valence-corrected chi connectivity index (χ0v) is 11.2. The molecule has 0 radical (unpaired) electrons. The van der Waals surface area contributed by atoms with E-state index < -0.39 is 0 Å². The Morgan fingerprint density at radius 2 is 2.06 bits per heavy atom. The third-order valence-corrected chi connectivity index (χ3v) is 3.72. The molecule has 1 aliphatic carbocycles. The van der Waals surface area contributed by atoms with Gasteiger partial charge in [0.25, 0.3) is 0 Å². The minimum atomic E-state index is -0.262. The van der Waals surface area contributed by atoms with Gasteiger partial charge < -0.3 is 10.4 Å². The first-order valence-electron chi connectivity index (χ1n) is 6.25. The Morgan fingerprint density at radius 1 is 1.35 bits per heavy atom. The first-order valence-corrected chi connectivity index (χ1v) is 6.63. The molecule has 2 unspecified atom stereocenters. The maximum atomic E-state index is 9.76. The van der Waals surface area contributed by atoms with Crippen molar-refractivity contribution in [1.82, 2.24) is 5.32 Å². The summed E-state index contributed by atoms with van der Waals surface area (Å²) >= 11 is 5.98. The van der Waals surface area contributed by atoms with Gasteiger partial charge in [0.05, 0.1) is 6.10 Å². The Balaban J connectivity index is 1.88. The van der Waals surface area contributed by atoms with Gasteiger partial charge in [-0.3, -0.25) is 0 Å². The summed E-state index contributed by atoms with van der Waals surface area (Å²) < 4.78 is 0. The van der Waals surface area contributed by atoms with Gasteiger partial charge in [-0.2, -0.15) is 0 Å². The second-order valence-electron chi connectivity index (χ2n) is 5.24. The van der Waals surface area contributed by atoms with Gasteiger partial charge in [0.15, 0.2) is 0 Å². The largest absolute Gasteiger partial charge is 0.392 e. The maximum absolute atomic E-state index is 9.76. The van der Waals surface area contributed by atoms with Gasteiger partial charge in [-0.15, -0.1) is 0 Å². The monoisotopic (exact) mass is 253 g/mol. The third-order valence-electron chi connectivity index (χ3n) is 3.49. The topological polar surface area (TPSA) is 32.3 Å². The molecule has 2 N–H and O–H groups in total. The van der Waals surface area contributed by atoms with E-state index in [9.17, 15) is 5.11 Å². The van der Waals surface area contributed by atoms with E-state index in [1.165, 1.54) is 11.1 Å². The maximum Gasteiger partial charge on any atom is 0.0687 e. The van der Waals surface area contributed by atoms with Gasteiger partial charge in [-0.1, -0.05) is 31.5 Å². The van der Waals surface area contributed by atoms with E-state index in [1.54, 1.807) is 0 Å². The van der Waals surface area contributed by atoms with Crippen molar-refractivity contribution in [2.24, 2.45) is 5.92 Å². The fourth-order valence-electron chi connectivity index (χ4n) is 2.25. The molecule has 2 rings (SSSR count). The van der Waals surface area contributed by atoms with Gasteiger partial charge in [0, 0.05) is 17.6 Å². The van der Waals surface area contributed by atoms with E-state index in [-0.39, 0.29) is 6.10 Å². The lowest BCUT2D eigenvalue weighted by Crippen LogP contribution is -2.38. The first-order chi connectivity index (χ1) is 8.06. The number of fused-ring (bicyclic) bond motifs is 1. The fourth-order valence-corrected chi connectivity index (χ4v) is 2.45. The van der Waals surface area contributed by atoms with Crippen molar-refractivity contribution >= 4 is 11.6 Å². The normalized spacial score (nSPS) is 20.6. The van der Waals surface area contributed by atoms with E-state index in [0.717, 1.165) is 17.9 Å². The van der Waals surface area contributed by atoms with Crippen molar-refractivity contribution in [3.05, 3.63) is 34.3 Å². The summed E-state index contributed by atoms with van der Waals surface area (Å²) in [6.45, 7) is 4.75.